The van der Waals surface area contributed by atoms with Gasteiger partial charge in [-0.3, -0.25) is 14.8 Å². The van der Waals surface area contributed by atoms with Gasteiger partial charge in [0.05, 0.1) is 11.3 Å². The van der Waals surface area contributed by atoms with Crippen LogP contribution >= 0.6 is 0 Å². The number of likely N-dealkylation sites (N-methyl/N-ethyl adjacent to an activating group) is 1. The highest BCUT2D eigenvalue weighted by Gasteiger charge is 2.16. The minimum atomic E-state index is 0.00614. The molecule has 5 heteroatoms. The number of hydrogen-bond acceptors (Lipinski definition) is 4. The van der Waals surface area contributed by atoms with Crippen LogP contribution < -0.4 is 5.32 Å². The molecule has 0 unspecified atom stereocenters. The molecule has 0 bridgehead atoms. The van der Waals surface area contributed by atoms with Gasteiger partial charge in [0.1, 0.15) is 0 Å². The Hall–Kier alpha value is -2.43. The number of anilines is 1. The predicted molar refractivity (Wildman–Crippen MR) is 95.0 cm³/mol. The van der Waals surface area contributed by atoms with Crippen molar-refractivity contribution < 1.29 is 4.79 Å². The molecule has 0 aromatic carbocycles. The zero-order chi connectivity index (χ0) is 16.8. The molecule has 126 valence electrons. The van der Waals surface area contributed by atoms with Gasteiger partial charge in [-0.25, -0.2) is 0 Å². The molecule has 1 saturated carbocycles. The molecule has 24 heavy (non-hydrogen) atoms. The van der Waals surface area contributed by atoms with Crippen LogP contribution in [-0.2, 0) is 6.42 Å². The van der Waals surface area contributed by atoms with E-state index in [9.17, 15) is 4.79 Å². The molecule has 1 aliphatic carbocycles. The Bertz CT molecular complexity index is 668. The van der Waals surface area contributed by atoms with Gasteiger partial charge in [-0.1, -0.05) is 12.8 Å². The van der Waals surface area contributed by atoms with Gasteiger partial charge in [-0.05, 0) is 43.0 Å². The second kappa shape index (κ2) is 7.90. The molecule has 1 fully saturated rings. The van der Waals surface area contributed by atoms with Crippen molar-refractivity contribution in [2.75, 3.05) is 18.9 Å². The van der Waals surface area contributed by atoms with Crippen LogP contribution in [0.5, 0.6) is 0 Å². The topological polar surface area (TPSA) is 58.1 Å². The van der Waals surface area contributed by atoms with E-state index in [-0.39, 0.29) is 5.91 Å². The van der Waals surface area contributed by atoms with Crippen molar-refractivity contribution in [3.05, 3.63) is 54.1 Å². The number of aromatic nitrogens is 2. The predicted octanol–water partition coefficient (Wildman–Crippen LogP) is 3.15. The van der Waals surface area contributed by atoms with Crippen LogP contribution in [0.15, 0.2) is 43.0 Å². The van der Waals surface area contributed by atoms with E-state index < -0.39 is 0 Å². The highest BCUT2D eigenvalue weighted by atomic mass is 16.2. The number of hydrogen-bond donors (Lipinski definition) is 1. The minimum absolute atomic E-state index is 0.00614. The first-order chi connectivity index (χ1) is 11.7. The summed E-state index contributed by atoms with van der Waals surface area (Å²) in [4.78, 5) is 22.6. The summed E-state index contributed by atoms with van der Waals surface area (Å²) < 4.78 is 0. The Morgan fingerprint density at radius 1 is 1.21 bits per heavy atom. The molecule has 1 amide bonds. The SMILES string of the molecule is CN(CCc1ccncc1)C(=O)c1cncc(NC2CCCC2)c1. The monoisotopic (exact) mass is 324 g/mol. The van der Waals surface area contributed by atoms with Crippen LogP contribution in [0.3, 0.4) is 0 Å². The van der Waals surface area contributed by atoms with Crippen LogP contribution in [0.1, 0.15) is 41.6 Å². The number of rotatable bonds is 6. The van der Waals surface area contributed by atoms with Gasteiger partial charge in [0, 0.05) is 44.4 Å². The molecule has 0 aliphatic heterocycles. The highest BCUT2D eigenvalue weighted by Crippen LogP contribution is 2.22. The average Bonchev–Trinajstić information content (AvgIpc) is 3.13. The summed E-state index contributed by atoms with van der Waals surface area (Å²) in [6.07, 6.45) is 12.8. The maximum atomic E-state index is 12.6. The van der Waals surface area contributed by atoms with Gasteiger partial charge in [0.15, 0.2) is 0 Å². The molecule has 0 radical (unpaired) electrons. The van der Waals surface area contributed by atoms with Crippen LogP contribution in [0.25, 0.3) is 0 Å². The number of carbonyl (C=O) groups is 1. The average molecular weight is 324 g/mol. The van der Waals surface area contributed by atoms with Gasteiger partial charge in [0.2, 0.25) is 0 Å². The Labute approximate surface area is 143 Å². The van der Waals surface area contributed by atoms with E-state index in [1.807, 2.05) is 25.2 Å². The summed E-state index contributed by atoms with van der Waals surface area (Å²) >= 11 is 0. The second-order valence-electron chi connectivity index (χ2n) is 6.42. The van der Waals surface area contributed by atoms with E-state index in [2.05, 4.69) is 15.3 Å². The molecule has 1 aliphatic rings. The van der Waals surface area contributed by atoms with Crippen molar-refractivity contribution in [1.29, 1.82) is 0 Å². The quantitative estimate of drug-likeness (QED) is 0.887. The number of nitrogens with zero attached hydrogens (tertiary/aromatic N) is 3. The molecule has 3 rings (SSSR count). The number of carbonyl (C=O) groups excluding carboxylic acids is 1. The summed E-state index contributed by atoms with van der Waals surface area (Å²) in [7, 11) is 1.83. The number of amides is 1. The lowest BCUT2D eigenvalue weighted by Gasteiger charge is -2.18. The van der Waals surface area contributed by atoms with Crippen LogP contribution in [0.2, 0.25) is 0 Å². The van der Waals surface area contributed by atoms with Crippen LogP contribution in [0, 0.1) is 0 Å². The van der Waals surface area contributed by atoms with Gasteiger partial charge >= 0.3 is 0 Å². The van der Waals surface area contributed by atoms with Crippen LogP contribution in [0.4, 0.5) is 5.69 Å². The highest BCUT2D eigenvalue weighted by molar-refractivity contribution is 5.94. The first-order valence-electron chi connectivity index (χ1n) is 8.58. The van der Waals surface area contributed by atoms with Crippen molar-refractivity contribution in [2.45, 2.75) is 38.1 Å². The van der Waals surface area contributed by atoms with Crippen molar-refractivity contribution in [2.24, 2.45) is 0 Å². The molecule has 1 N–H and O–H groups in total. The number of pyridine rings is 2. The molecule has 0 atom stereocenters. The Kier molecular flexibility index (Phi) is 5.41. The van der Waals surface area contributed by atoms with E-state index in [1.54, 1.807) is 29.7 Å². The molecule has 0 saturated heterocycles. The molecule has 2 aromatic rings. The van der Waals surface area contributed by atoms with E-state index >= 15 is 0 Å². The third kappa shape index (κ3) is 4.31. The van der Waals surface area contributed by atoms with E-state index in [1.165, 1.54) is 31.2 Å². The van der Waals surface area contributed by atoms with Gasteiger partial charge in [-0.2, -0.15) is 0 Å². The summed E-state index contributed by atoms with van der Waals surface area (Å²) in [5.41, 5.74) is 2.75. The summed E-state index contributed by atoms with van der Waals surface area (Å²) in [6.45, 7) is 0.670. The molecule has 5 nitrogen and oxygen atoms in total. The maximum absolute atomic E-state index is 12.6. The molecular formula is C19H24N4O. The lowest BCUT2D eigenvalue weighted by atomic mass is 10.1. The lowest BCUT2D eigenvalue weighted by molar-refractivity contribution is 0.0796. The Morgan fingerprint density at radius 2 is 1.96 bits per heavy atom. The number of nitrogens with one attached hydrogen (secondary N) is 1. The lowest BCUT2D eigenvalue weighted by Crippen LogP contribution is -2.29. The van der Waals surface area contributed by atoms with E-state index in [0.717, 1.165) is 12.1 Å². The summed E-state index contributed by atoms with van der Waals surface area (Å²) in [5.74, 6) is 0.00614. The fourth-order valence-corrected chi connectivity index (χ4v) is 3.11. The first-order valence-corrected chi connectivity index (χ1v) is 8.58. The summed E-state index contributed by atoms with van der Waals surface area (Å²) in [6, 6.07) is 6.39. The minimum Gasteiger partial charge on any atom is -0.381 e. The van der Waals surface area contributed by atoms with Crippen molar-refractivity contribution in [3.8, 4) is 0 Å². The van der Waals surface area contributed by atoms with Crippen molar-refractivity contribution in [1.82, 2.24) is 14.9 Å². The second-order valence-corrected chi connectivity index (χ2v) is 6.42. The van der Waals surface area contributed by atoms with E-state index in [4.69, 9.17) is 0 Å². The van der Waals surface area contributed by atoms with Gasteiger partial charge in [-0.15, -0.1) is 0 Å². The third-order valence-corrected chi connectivity index (χ3v) is 4.54. The molecule has 0 spiro atoms. The van der Waals surface area contributed by atoms with Crippen molar-refractivity contribution in [3.63, 3.8) is 0 Å². The molecular weight excluding hydrogens is 300 g/mol. The van der Waals surface area contributed by atoms with Gasteiger partial charge < -0.3 is 10.2 Å². The van der Waals surface area contributed by atoms with Crippen LogP contribution in [-0.4, -0.2) is 40.4 Å². The van der Waals surface area contributed by atoms with Gasteiger partial charge in [0.25, 0.3) is 5.91 Å². The fraction of sp³-hybridized carbons (Fsp3) is 0.421. The van der Waals surface area contributed by atoms with E-state index in [0.29, 0.717) is 18.2 Å². The molecule has 2 aromatic heterocycles. The largest absolute Gasteiger partial charge is 0.381 e. The normalized spacial score (nSPS) is 14.5. The maximum Gasteiger partial charge on any atom is 0.255 e. The first kappa shape index (κ1) is 16.4. The Balaban J connectivity index is 1.59. The Morgan fingerprint density at radius 3 is 2.71 bits per heavy atom. The third-order valence-electron chi connectivity index (χ3n) is 4.54. The molecule has 2 heterocycles. The summed E-state index contributed by atoms with van der Waals surface area (Å²) in [5, 5.41) is 3.49. The zero-order valence-electron chi connectivity index (χ0n) is 14.1. The van der Waals surface area contributed by atoms with Crippen molar-refractivity contribution >= 4 is 11.6 Å². The fourth-order valence-electron chi connectivity index (χ4n) is 3.11. The zero-order valence-corrected chi connectivity index (χ0v) is 14.1. The smallest absolute Gasteiger partial charge is 0.255 e. The standard InChI is InChI=1S/C19H24N4O/c1-23(11-8-15-6-9-20-10-7-15)19(24)16-12-18(14-21-13-16)22-17-4-2-3-5-17/h6-7,9-10,12-14,17,22H,2-5,8,11H2,1H3.